The van der Waals surface area contributed by atoms with E-state index in [1.165, 1.54) is 38.2 Å². The Balaban J connectivity index is 2.34. The minimum Gasteiger partial charge on any atom is -0.310 e. The van der Waals surface area contributed by atoms with Gasteiger partial charge in [-0.1, -0.05) is 44.7 Å². The van der Waals surface area contributed by atoms with E-state index in [1.54, 1.807) is 12.1 Å². The maximum absolute atomic E-state index is 10.7. The van der Waals surface area contributed by atoms with Gasteiger partial charge in [0.15, 0.2) is 0 Å². The van der Waals surface area contributed by atoms with Crippen molar-refractivity contribution in [3.8, 4) is 0 Å². The van der Waals surface area contributed by atoms with Gasteiger partial charge in [0.05, 0.1) is 4.92 Å². The average Bonchev–Trinajstić information content (AvgIpc) is 2.42. The second-order valence-electron chi connectivity index (χ2n) is 4.94. The van der Waals surface area contributed by atoms with Crippen LogP contribution in [-0.2, 0) is 0 Å². The van der Waals surface area contributed by atoms with Crippen LogP contribution in [0, 0.1) is 10.1 Å². The van der Waals surface area contributed by atoms with Crippen LogP contribution in [-0.4, -0.2) is 11.5 Å². The predicted octanol–water partition coefficient (Wildman–Crippen LogP) is 4.22. The largest absolute Gasteiger partial charge is 0.310 e. The van der Waals surface area contributed by atoms with Crippen molar-refractivity contribution in [2.24, 2.45) is 0 Å². The summed E-state index contributed by atoms with van der Waals surface area (Å²) in [5.74, 6) is 0. The molecule has 1 unspecified atom stereocenters. The van der Waals surface area contributed by atoms with Gasteiger partial charge in [0.2, 0.25) is 0 Å². The third kappa shape index (κ3) is 5.83. The number of hydrogen-bond acceptors (Lipinski definition) is 3. The highest BCUT2D eigenvalue weighted by molar-refractivity contribution is 5.35. The second-order valence-corrected chi connectivity index (χ2v) is 4.94. The zero-order chi connectivity index (χ0) is 14.1. The lowest BCUT2D eigenvalue weighted by molar-refractivity contribution is -0.384. The Bertz CT molecular complexity index is 393. The summed E-state index contributed by atoms with van der Waals surface area (Å²) in [5.41, 5.74) is 1.14. The quantitative estimate of drug-likeness (QED) is 0.413. The van der Waals surface area contributed by atoms with Gasteiger partial charge in [-0.2, -0.15) is 0 Å². The summed E-state index contributed by atoms with van der Waals surface area (Å²) in [5, 5.41) is 14.1. The smallest absolute Gasteiger partial charge is 0.269 e. The van der Waals surface area contributed by atoms with E-state index >= 15 is 0 Å². The van der Waals surface area contributed by atoms with Crippen molar-refractivity contribution in [1.82, 2.24) is 5.32 Å². The van der Waals surface area contributed by atoms with Gasteiger partial charge in [-0.05, 0) is 25.5 Å². The molecule has 0 bridgehead atoms. The van der Waals surface area contributed by atoms with Crippen molar-refractivity contribution < 1.29 is 4.92 Å². The molecule has 0 fully saturated rings. The lowest BCUT2D eigenvalue weighted by Gasteiger charge is -2.14. The van der Waals surface area contributed by atoms with Crippen LogP contribution in [0.3, 0.4) is 0 Å². The van der Waals surface area contributed by atoms with E-state index in [-0.39, 0.29) is 16.7 Å². The van der Waals surface area contributed by atoms with E-state index in [9.17, 15) is 10.1 Å². The van der Waals surface area contributed by atoms with Crippen LogP contribution in [0.2, 0.25) is 0 Å². The Morgan fingerprint density at radius 2 is 2.00 bits per heavy atom. The number of nitrogens with one attached hydrogen (secondary N) is 1. The Morgan fingerprint density at radius 1 is 1.26 bits per heavy atom. The Morgan fingerprint density at radius 3 is 2.68 bits per heavy atom. The number of nitrogens with zero attached hydrogens (tertiary/aromatic N) is 1. The van der Waals surface area contributed by atoms with Crippen molar-refractivity contribution in [2.75, 3.05) is 6.54 Å². The topological polar surface area (TPSA) is 55.2 Å². The highest BCUT2D eigenvalue weighted by Gasteiger charge is 2.09. The molecule has 1 N–H and O–H groups in total. The highest BCUT2D eigenvalue weighted by Crippen LogP contribution is 2.18. The molecule has 1 aromatic rings. The molecule has 0 aliphatic heterocycles. The highest BCUT2D eigenvalue weighted by atomic mass is 16.6. The van der Waals surface area contributed by atoms with Crippen LogP contribution in [0.25, 0.3) is 0 Å². The molecule has 0 radical (unpaired) electrons. The van der Waals surface area contributed by atoms with Crippen molar-refractivity contribution in [3.63, 3.8) is 0 Å². The van der Waals surface area contributed by atoms with Gasteiger partial charge in [-0.3, -0.25) is 10.1 Å². The zero-order valence-electron chi connectivity index (χ0n) is 11.9. The first-order valence-corrected chi connectivity index (χ1v) is 7.13. The van der Waals surface area contributed by atoms with Crippen LogP contribution in [0.5, 0.6) is 0 Å². The SMILES string of the molecule is CCCCCCCNC(C)c1cccc([N+](=O)[O-])c1. The number of nitro groups is 1. The maximum Gasteiger partial charge on any atom is 0.269 e. The molecule has 0 saturated heterocycles. The first kappa shape index (κ1) is 15.6. The Labute approximate surface area is 115 Å². The fourth-order valence-corrected chi connectivity index (χ4v) is 2.07. The molecule has 1 atom stereocenters. The van der Waals surface area contributed by atoms with E-state index in [0.717, 1.165) is 12.1 Å². The number of nitro benzene ring substituents is 1. The minimum atomic E-state index is -0.346. The molecule has 0 aromatic heterocycles. The van der Waals surface area contributed by atoms with Gasteiger partial charge in [-0.25, -0.2) is 0 Å². The van der Waals surface area contributed by atoms with Crippen LogP contribution < -0.4 is 5.32 Å². The van der Waals surface area contributed by atoms with Crippen LogP contribution in [0.15, 0.2) is 24.3 Å². The summed E-state index contributed by atoms with van der Waals surface area (Å²) in [6, 6.07) is 7.01. The molecule has 0 spiro atoms. The van der Waals surface area contributed by atoms with Crippen molar-refractivity contribution in [3.05, 3.63) is 39.9 Å². The monoisotopic (exact) mass is 264 g/mol. The fraction of sp³-hybridized carbons (Fsp3) is 0.600. The molecule has 0 heterocycles. The van der Waals surface area contributed by atoms with Gasteiger partial charge in [0.25, 0.3) is 5.69 Å². The van der Waals surface area contributed by atoms with Gasteiger partial charge in [-0.15, -0.1) is 0 Å². The van der Waals surface area contributed by atoms with E-state index in [4.69, 9.17) is 0 Å². The standard InChI is InChI=1S/C15H24N2O2/c1-3-4-5-6-7-11-16-13(2)14-9-8-10-15(12-14)17(18)19/h8-10,12-13,16H,3-7,11H2,1-2H3. The molecule has 0 aliphatic carbocycles. The Kier molecular flexibility index (Phi) is 7.11. The molecule has 1 aromatic carbocycles. The first-order chi connectivity index (χ1) is 9.15. The molecular weight excluding hydrogens is 240 g/mol. The van der Waals surface area contributed by atoms with Crippen molar-refractivity contribution >= 4 is 5.69 Å². The maximum atomic E-state index is 10.7. The third-order valence-corrected chi connectivity index (χ3v) is 3.31. The average molecular weight is 264 g/mol. The normalized spacial score (nSPS) is 12.3. The number of rotatable bonds is 9. The van der Waals surface area contributed by atoms with Gasteiger partial charge in [0, 0.05) is 18.2 Å². The summed E-state index contributed by atoms with van der Waals surface area (Å²) in [4.78, 5) is 10.4. The third-order valence-electron chi connectivity index (χ3n) is 3.31. The molecule has 4 nitrogen and oxygen atoms in total. The van der Waals surface area contributed by atoms with Gasteiger partial charge in [0.1, 0.15) is 0 Å². The second kappa shape index (κ2) is 8.64. The predicted molar refractivity (Wildman–Crippen MR) is 78.3 cm³/mol. The molecule has 19 heavy (non-hydrogen) atoms. The number of unbranched alkanes of at least 4 members (excludes halogenated alkanes) is 4. The van der Waals surface area contributed by atoms with Crippen molar-refractivity contribution in [1.29, 1.82) is 0 Å². The summed E-state index contributed by atoms with van der Waals surface area (Å²) >= 11 is 0. The van der Waals surface area contributed by atoms with Crippen LogP contribution in [0.4, 0.5) is 5.69 Å². The summed E-state index contributed by atoms with van der Waals surface area (Å²) < 4.78 is 0. The Hall–Kier alpha value is -1.42. The molecule has 0 amide bonds. The van der Waals surface area contributed by atoms with E-state index in [2.05, 4.69) is 12.2 Å². The molecule has 0 aliphatic rings. The van der Waals surface area contributed by atoms with Crippen LogP contribution in [0.1, 0.15) is 57.6 Å². The van der Waals surface area contributed by atoms with Crippen molar-refractivity contribution in [2.45, 2.75) is 52.0 Å². The fourth-order valence-electron chi connectivity index (χ4n) is 2.07. The van der Waals surface area contributed by atoms with E-state index in [1.807, 2.05) is 13.0 Å². The summed E-state index contributed by atoms with van der Waals surface area (Å²) in [6.45, 7) is 5.22. The molecule has 4 heteroatoms. The van der Waals surface area contributed by atoms with Gasteiger partial charge < -0.3 is 5.32 Å². The number of hydrogen-bond donors (Lipinski definition) is 1. The zero-order valence-corrected chi connectivity index (χ0v) is 11.9. The lowest BCUT2D eigenvalue weighted by Crippen LogP contribution is -2.19. The molecule has 106 valence electrons. The number of non-ortho nitro benzene ring substituents is 1. The number of benzene rings is 1. The minimum absolute atomic E-state index is 0.158. The van der Waals surface area contributed by atoms with E-state index in [0.29, 0.717) is 0 Å². The lowest BCUT2D eigenvalue weighted by atomic mass is 10.1. The molecule has 1 rings (SSSR count). The molecular formula is C15H24N2O2. The first-order valence-electron chi connectivity index (χ1n) is 7.13. The summed E-state index contributed by atoms with van der Waals surface area (Å²) in [7, 11) is 0. The van der Waals surface area contributed by atoms with E-state index < -0.39 is 0 Å². The molecule has 0 saturated carbocycles. The summed E-state index contributed by atoms with van der Waals surface area (Å²) in [6.07, 6.45) is 6.28. The van der Waals surface area contributed by atoms with Gasteiger partial charge >= 0.3 is 0 Å². The van der Waals surface area contributed by atoms with Crippen LogP contribution >= 0.6 is 0 Å².